The summed E-state index contributed by atoms with van der Waals surface area (Å²) in [6.45, 7) is 10.8. The first kappa shape index (κ1) is 81.5. The van der Waals surface area contributed by atoms with Crippen LogP contribution in [0.4, 0.5) is 0 Å². The van der Waals surface area contributed by atoms with Gasteiger partial charge in [-0.1, -0.05) is 190 Å². The third kappa shape index (κ3) is 16.6. The van der Waals surface area contributed by atoms with Gasteiger partial charge in [0, 0.05) is 137 Å². The highest BCUT2D eigenvalue weighted by atomic mass is 16.5. The average molecular weight is 1610 g/mol. The molecule has 3 N–H and O–H groups in total. The number of carboxylic acid groups (broad SMARTS) is 2. The molecule has 25 nitrogen and oxygen atoms in total. The summed E-state index contributed by atoms with van der Waals surface area (Å²) in [6, 6.07) is 64.3. The maximum Gasteiger partial charge on any atom is 0.333 e. The van der Waals surface area contributed by atoms with Crippen molar-refractivity contribution in [3.05, 3.63) is 340 Å². The largest absolute Gasteiger partial charge is 0.480 e. The van der Waals surface area contributed by atoms with E-state index < -0.39 is 41.6 Å². The molecule has 0 aliphatic carbocycles. The summed E-state index contributed by atoms with van der Waals surface area (Å²) in [7, 11) is 6.03. The zero-order valence-corrected chi connectivity index (χ0v) is 68.4. The number of carbonyl (C=O) groups excluding carboxylic acids is 1. The van der Waals surface area contributed by atoms with Crippen LogP contribution in [0, 0.1) is 13.8 Å². The zero-order valence-electron chi connectivity index (χ0n) is 68.4. The fourth-order valence-electron chi connectivity index (χ4n) is 16.7. The number of fused-ring (bicyclic) bond motifs is 8. The molecule has 610 valence electrons. The summed E-state index contributed by atoms with van der Waals surface area (Å²) in [5, 5.41) is 59.9. The third-order valence-electron chi connectivity index (χ3n) is 22.3. The van der Waals surface area contributed by atoms with Crippen molar-refractivity contribution < 1.29 is 29.3 Å². The summed E-state index contributed by atoms with van der Waals surface area (Å²) < 4.78 is 16.6. The number of para-hydroxylation sites is 2. The molecule has 17 aromatic rings. The number of nitrogens with zero attached hydrogens (tertiary/aromatic N) is 14. The van der Waals surface area contributed by atoms with Gasteiger partial charge in [-0.15, -0.1) is 5.10 Å². The Morgan fingerprint density at radius 1 is 0.430 bits per heavy atom. The number of hydrogen-bond acceptors (Lipinski definition) is 15. The molecule has 1 aliphatic rings. The van der Waals surface area contributed by atoms with Gasteiger partial charge in [-0.25, -0.2) is 33.1 Å². The molecular formula is C96H91N15O10. The number of H-pyrrole nitrogens is 1. The molecule has 0 saturated carbocycles. The van der Waals surface area contributed by atoms with E-state index in [1.807, 2.05) is 150 Å². The van der Waals surface area contributed by atoms with Crippen LogP contribution in [0.3, 0.4) is 0 Å². The van der Waals surface area contributed by atoms with Crippen molar-refractivity contribution in [3.8, 4) is 0 Å². The average Bonchev–Trinajstić information content (AvgIpc) is 1.68. The Kier molecular flexibility index (Phi) is 24.0. The van der Waals surface area contributed by atoms with Crippen LogP contribution in [0.25, 0.3) is 86.7 Å². The highest BCUT2D eigenvalue weighted by molar-refractivity contribution is 5.94. The number of benzene rings is 9. The minimum atomic E-state index is -1.21. The van der Waals surface area contributed by atoms with E-state index in [4.69, 9.17) is 14.9 Å². The second kappa shape index (κ2) is 35.7. The third-order valence-corrected chi connectivity index (χ3v) is 22.3. The van der Waals surface area contributed by atoms with E-state index >= 15 is 0 Å². The molecule has 0 bridgehead atoms. The number of esters is 1. The fraction of sp³-hybridized carbons (Fsp3) is 0.229. The Balaban J connectivity index is 0.000000126. The molecule has 9 heterocycles. The fourth-order valence-corrected chi connectivity index (χ4v) is 16.7. The SMILES string of the molecule is CCCC(C(=O)O)n1nc(Cc2cn(C)c3ccccc23)c2ccccc2c1=O.CCCC(C(=O)OCC)n1nc(Cc2cn(C)c3ccccc23)c2ccccc2c1=O.Cc1cccc2[nH]cc(Cc3nn(CC4=NN=NC4)c(=O)c4ccccc34)c12.Cc1cccc2c1c(Cc1nn(C(C(=O)O)c3ccccc3)c(=O)c3ccccc13)cn2C. The van der Waals surface area contributed by atoms with Crippen LogP contribution in [0.5, 0.6) is 0 Å². The Morgan fingerprint density at radius 3 is 1.35 bits per heavy atom. The van der Waals surface area contributed by atoms with Gasteiger partial charge in [0.2, 0.25) is 0 Å². The summed E-state index contributed by atoms with van der Waals surface area (Å²) in [5.41, 5.74) is 14.4. The van der Waals surface area contributed by atoms with Crippen molar-refractivity contribution in [2.75, 3.05) is 13.2 Å². The summed E-state index contributed by atoms with van der Waals surface area (Å²) >= 11 is 0. The quantitative estimate of drug-likeness (QED) is 0.0532. The first-order valence-electron chi connectivity index (χ1n) is 40.5. The molecule has 121 heavy (non-hydrogen) atoms. The van der Waals surface area contributed by atoms with Crippen molar-refractivity contribution in [1.82, 2.24) is 57.8 Å². The Labute approximate surface area is 694 Å². The van der Waals surface area contributed by atoms with E-state index in [0.717, 1.165) is 115 Å². The molecule has 18 rings (SSSR count). The van der Waals surface area contributed by atoms with E-state index in [2.05, 4.69) is 125 Å². The number of hydrogen-bond donors (Lipinski definition) is 3. The normalized spacial score (nSPS) is 12.6. The lowest BCUT2D eigenvalue weighted by Crippen LogP contribution is -2.34. The molecule has 9 aromatic carbocycles. The molecule has 0 radical (unpaired) electrons. The second-order valence-electron chi connectivity index (χ2n) is 30.4. The van der Waals surface area contributed by atoms with Gasteiger partial charge >= 0.3 is 17.9 Å². The highest BCUT2D eigenvalue weighted by Gasteiger charge is 2.30. The van der Waals surface area contributed by atoms with Gasteiger partial charge in [0.15, 0.2) is 18.1 Å². The van der Waals surface area contributed by atoms with Crippen LogP contribution in [0.15, 0.2) is 272 Å². The highest BCUT2D eigenvalue weighted by Crippen LogP contribution is 2.33. The molecule has 3 atom stereocenters. The first-order chi connectivity index (χ1) is 58.7. The van der Waals surface area contributed by atoms with E-state index in [1.165, 1.54) is 25.9 Å². The van der Waals surface area contributed by atoms with Crippen LogP contribution in [0.2, 0.25) is 0 Å². The number of aliphatic carboxylic acids is 2. The molecule has 1 aliphatic heterocycles. The lowest BCUT2D eigenvalue weighted by Gasteiger charge is -2.18. The minimum absolute atomic E-state index is 0.121. The molecule has 0 amide bonds. The van der Waals surface area contributed by atoms with Gasteiger partial charge < -0.3 is 33.6 Å². The number of nitrogens with one attached hydrogen (secondary N) is 1. The van der Waals surface area contributed by atoms with Crippen molar-refractivity contribution in [2.45, 2.75) is 111 Å². The monoisotopic (exact) mass is 1610 g/mol. The molecule has 0 saturated heterocycles. The summed E-state index contributed by atoms with van der Waals surface area (Å²) in [5.74, 6) is -2.57. The predicted molar refractivity (Wildman–Crippen MR) is 473 cm³/mol. The van der Waals surface area contributed by atoms with Crippen molar-refractivity contribution in [1.29, 1.82) is 0 Å². The van der Waals surface area contributed by atoms with Crippen molar-refractivity contribution in [2.24, 2.45) is 36.6 Å². The van der Waals surface area contributed by atoms with Crippen LogP contribution in [0.1, 0.15) is 126 Å². The van der Waals surface area contributed by atoms with Gasteiger partial charge in [0.1, 0.15) is 6.54 Å². The number of rotatable bonds is 22. The molecule has 3 unspecified atom stereocenters. The number of ether oxygens (including phenoxy) is 1. The molecule has 0 spiro atoms. The molecule has 25 heteroatoms. The van der Waals surface area contributed by atoms with Crippen molar-refractivity contribution >= 4 is 110 Å². The van der Waals surface area contributed by atoms with Gasteiger partial charge in [-0.05, 0) is 126 Å². The predicted octanol–water partition coefficient (Wildman–Crippen LogP) is 16.3. The molecule has 0 fully saturated rings. The summed E-state index contributed by atoms with van der Waals surface area (Å²) in [4.78, 5) is 92.6. The standard InChI is InChI=1S/C27H23N3O3.C25H27N3O3.C23H23N3O3.C21H18N6O/c1-17-9-8-14-23-24(17)19(16-29(23)2)15-22-20-12-6-7-13-21(20)26(31)30(28-22)25(27(32)33)18-10-4-3-5-11-18;1-4-10-23(25(30)31-5-2)28-24(29)20-13-7-6-12-19(20)21(26-28)15-17-16-27(3)22-14-9-8-11-18(17)22;1-3-8-21(23(28)29)26-22(27)18-11-5-4-10-17(18)19(24-26)13-15-14-25(2)20-12-7-6-9-16(15)20;1-13-5-4-8-18-20(13)14(10-22-18)9-19-16-6-2-3-7-17(16)21(28)27(25-19)12-15-11-23-26-24-15/h3-14,16,25H,15H2,1-2H3,(H,32,33);6-9,11-14,16,23H,4-5,10,15H2,1-3H3;4-7,9-12,14,21H,3,8,13H2,1-2H3,(H,28,29);2-8,10,22H,9,11-12H2,1H3. The number of aryl methyl sites for hydroxylation is 5. The second-order valence-corrected chi connectivity index (χ2v) is 30.4. The van der Waals surface area contributed by atoms with Crippen molar-refractivity contribution in [3.63, 3.8) is 0 Å². The number of aromatic nitrogens is 12. The molecular weight excluding hydrogens is 1520 g/mol. The van der Waals surface area contributed by atoms with E-state index in [9.17, 15) is 43.8 Å². The Hall–Kier alpha value is -14.6. The van der Waals surface area contributed by atoms with E-state index in [0.29, 0.717) is 96.5 Å². The Morgan fingerprint density at radius 2 is 0.843 bits per heavy atom. The first-order valence-corrected chi connectivity index (χ1v) is 40.5. The Bertz CT molecular complexity index is 7160. The van der Waals surface area contributed by atoms with E-state index in [-0.39, 0.29) is 23.3 Å². The number of carbonyl (C=O) groups is 3. The van der Waals surface area contributed by atoms with Gasteiger partial charge in [0.05, 0.1) is 63.2 Å². The maximum absolute atomic E-state index is 13.4. The van der Waals surface area contributed by atoms with Gasteiger partial charge in [0.25, 0.3) is 22.2 Å². The topological polar surface area (TPSA) is 308 Å². The zero-order chi connectivity index (χ0) is 84.7. The van der Waals surface area contributed by atoms with Crippen LogP contribution in [-0.4, -0.2) is 105 Å². The maximum atomic E-state index is 13.4. The number of carboxylic acids is 2. The molecule has 8 aromatic heterocycles. The van der Waals surface area contributed by atoms with E-state index in [1.54, 1.807) is 61.5 Å². The minimum Gasteiger partial charge on any atom is -0.480 e. The van der Waals surface area contributed by atoms with Crippen LogP contribution in [-0.2, 0) is 72.5 Å². The lowest BCUT2D eigenvalue weighted by molar-refractivity contribution is -0.148. The lowest BCUT2D eigenvalue weighted by atomic mass is 10.0. The van der Waals surface area contributed by atoms with Gasteiger partial charge in [-0.2, -0.15) is 25.5 Å². The van der Waals surface area contributed by atoms with Crippen LogP contribution < -0.4 is 22.2 Å². The number of aromatic amines is 1. The smallest absolute Gasteiger partial charge is 0.333 e. The summed E-state index contributed by atoms with van der Waals surface area (Å²) in [6.07, 6.45) is 12.7. The van der Waals surface area contributed by atoms with Gasteiger partial charge in [-0.3, -0.25) is 19.2 Å². The van der Waals surface area contributed by atoms with Crippen LogP contribution >= 0.6 is 0 Å².